The molecule has 3 aromatic rings. The number of nitrogens with zero attached hydrogens (tertiary/aromatic N) is 3. The van der Waals surface area contributed by atoms with Crippen molar-refractivity contribution >= 4 is 46.4 Å². The van der Waals surface area contributed by atoms with Gasteiger partial charge in [0.05, 0.1) is 15.7 Å². The number of alkyl halides is 1. The number of amides is 1. The molecule has 3 rings (SSSR count). The van der Waals surface area contributed by atoms with E-state index in [1.165, 1.54) is 0 Å². The fraction of sp³-hybridized carbons (Fsp3) is 0.286. The number of benzene rings is 2. The monoisotopic (exact) mass is 450 g/mol. The van der Waals surface area contributed by atoms with Crippen molar-refractivity contribution in [1.82, 2.24) is 14.8 Å². The highest BCUT2D eigenvalue weighted by Crippen LogP contribution is 2.29. The summed E-state index contributed by atoms with van der Waals surface area (Å²) < 4.78 is 1.79. The Morgan fingerprint density at radius 1 is 1.07 bits per heavy atom. The SMILES string of the molecule is CCCCCc1nc(-c2ccc(Cl)c(Cl)c2)n(-c2ccc(NC(=O)CCl)cc2)n1. The standard InChI is InChI=1S/C21H21Cl3N4O/c1-2-3-4-5-19-26-21(14-6-11-17(23)18(24)12-14)28(27-19)16-9-7-15(8-10-16)25-20(29)13-22/h6-12H,2-5,13H2,1H3,(H,25,29). The van der Waals surface area contributed by atoms with Crippen LogP contribution in [-0.2, 0) is 11.2 Å². The molecule has 0 aliphatic rings. The van der Waals surface area contributed by atoms with Crippen LogP contribution in [0.3, 0.4) is 0 Å². The molecule has 8 heteroatoms. The van der Waals surface area contributed by atoms with Crippen LogP contribution in [0.2, 0.25) is 10.0 Å². The Hall–Kier alpha value is -2.08. The van der Waals surface area contributed by atoms with Crippen molar-refractivity contribution in [2.24, 2.45) is 0 Å². The highest BCUT2D eigenvalue weighted by atomic mass is 35.5. The van der Waals surface area contributed by atoms with Crippen LogP contribution in [0, 0.1) is 0 Å². The third-order valence-electron chi connectivity index (χ3n) is 4.35. The van der Waals surface area contributed by atoms with Gasteiger partial charge in [-0.3, -0.25) is 4.79 Å². The van der Waals surface area contributed by atoms with Crippen molar-refractivity contribution in [3.8, 4) is 17.1 Å². The van der Waals surface area contributed by atoms with E-state index < -0.39 is 0 Å². The zero-order chi connectivity index (χ0) is 20.8. The van der Waals surface area contributed by atoms with E-state index in [1.54, 1.807) is 28.9 Å². The average molecular weight is 452 g/mol. The number of carbonyl (C=O) groups excluding carboxylic acids is 1. The van der Waals surface area contributed by atoms with E-state index in [1.807, 2.05) is 18.2 Å². The molecule has 2 aromatic carbocycles. The predicted octanol–water partition coefficient (Wildman–Crippen LogP) is 6.15. The third kappa shape index (κ3) is 5.50. The van der Waals surface area contributed by atoms with Crippen LogP contribution in [0.25, 0.3) is 17.1 Å². The molecule has 1 N–H and O–H groups in total. The number of aryl methyl sites for hydroxylation is 1. The lowest BCUT2D eigenvalue weighted by Gasteiger charge is -2.08. The van der Waals surface area contributed by atoms with Gasteiger partial charge >= 0.3 is 0 Å². The number of halogens is 3. The maximum absolute atomic E-state index is 11.5. The van der Waals surface area contributed by atoms with Gasteiger partial charge in [0.2, 0.25) is 5.91 Å². The van der Waals surface area contributed by atoms with Gasteiger partial charge in [0.15, 0.2) is 11.6 Å². The van der Waals surface area contributed by atoms with Crippen LogP contribution in [0.5, 0.6) is 0 Å². The maximum Gasteiger partial charge on any atom is 0.239 e. The van der Waals surface area contributed by atoms with Crippen molar-refractivity contribution in [1.29, 1.82) is 0 Å². The van der Waals surface area contributed by atoms with E-state index in [4.69, 9.17) is 44.9 Å². The first-order chi connectivity index (χ1) is 14.0. The van der Waals surface area contributed by atoms with Gasteiger partial charge in [-0.1, -0.05) is 43.0 Å². The average Bonchev–Trinajstić information content (AvgIpc) is 3.15. The summed E-state index contributed by atoms with van der Waals surface area (Å²) in [5.74, 6) is 1.12. The summed E-state index contributed by atoms with van der Waals surface area (Å²) in [4.78, 5) is 16.2. The number of unbranched alkanes of at least 4 members (excludes halogenated alkanes) is 2. The Labute approximate surface area is 185 Å². The summed E-state index contributed by atoms with van der Waals surface area (Å²) in [6.07, 6.45) is 4.10. The number of rotatable bonds is 8. The molecule has 0 atom stereocenters. The van der Waals surface area contributed by atoms with Crippen molar-refractivity contribution in [2.45, 2.75) is 32.6 Å². The lowest BCUT2D eigenvalue weighted by Crippen LogP contribution is -2.12. The molecule has 0 radical (unpaired) electrons. The molecule has 152 valence electrons. The number of hydrogen-bond donors (Lipinski definition) is 1. The predicted molar refractivity (Wildman–Crippen MR) is 119 cm³/mol. The lowest BCUT2D eigenvalue weighted by molar-refractivity contribution is -0.113. The normalized spacial score (nSPS) is 10.9. The summed E-state index contributed by atoms with van der Waals surface area (Å²) in [7, 11) is 0. The first-order valence-electron chi connectivity index (χ1n) is 9.39. The summed E-state index contributed by atoms with van der Waals surface area (Å²) in [5, 5.41) is 8.38. The van der Waals surface area contributed by atoms with Crippen molar-refractivity contribution in [3.05, 3.63) is 58.3 Å². The fourth-order valence-corrected chi connectivity index (χ4v) is 3.24. The van der Waals surface area contributed by atoms with Gasteiger partial charge in [-0.25, -0.2) is 9.67 Å². The van der Waals surface area contributed by atoms with Crippen LogP contribution in [0.1, 0.15) is 32.0 Å². The number of aromatic nitrogens is 3. The maximum atomic E-state index is 11.5. The molecule has 5 nitrogen and oxygen atoms in total. The quantitative estimate of drug-likeness (QED) is 0.330. The van der Waals surface area contributed by atoms with Gasteiger partial charge in [-0.2, -0.15) is 5.10 Å². The van der Waals surface area contributed by atoms with Crippen LogP contribution in [0.15, 0.2) is 42.5 Å². The van der Waals surface area contributed by atoms with Crippen LogP contribution < -0.4 is 5.32 Å². The van der Waals surface area contributed by atoms with Crippen molar-refractivity contribution < 1.29 is 4.79 Å². The minimum atomic E-state index is -0.255. The summed E-state index contributed by atoms with van der Waals surface area (Å²) in [5.41, 5.74) is 2.32. The number of nitrogens with one attached hydrogen (secondary N) is 1. The van der Waals surface area contributed by atoms with E-state index >= 15 is 0 Å². The third-order valence-corrected chi connectivity index (χ3v) is 5.33. The highest BCUT2D eigenvalue weighted by molar-refractivity contribution is 6.42. The van der Waals surface area contributed by atoms with Crippen LogP contribution in [0.4, 0.5) is 5.69 Å². The van der Waals surface area contributed by atoms with Crippen LogP contribution in [-0.4, -0.2) is 26.6 Å². The molecule has 29 heavy (non-hydrogen) atoms. The second-order valence-corrected chi connectivity index (χ2v) is 7.66. The van der Waals surface area contributed by atoms with E-state index in [-0.39, 0.29) is 11.8 Å². The molecule has 0 aliphatic heterocycles. The molecule has 0 saturated heterocycles. The molecule has 0 fully saturated rings. The molecule has 0 spiro atoms. The summed E-state index contributed by atoms with van der Waals surface area (Å²) in [6, 6.07) is 12.8. The molecule has 0 bridgehead atoms. The molecular formula is C21H21Cl3N4O. The second-order valence-electron chi connectivity index (χ2n) is 6.58. The van der Waals surface area contributed by atoms with E-state index in [9.17, 15) is 4.79 Å². The molecule has 1 heterocycles. The van der Waals surface area contributed by atoms with Crippen LogP contribution >= 0.6 is 34.8 Å². The molecule has 1 amide bonds. The summed E-state index contributed by atoms with van der Waals surface area (Å²) in [6.45, 7) is 2.16. The van der Waals surface area contributed by atoms with Gasteiger partial charge in [0.1, 0.15) is 5.88 Å². The second kappa shape index (κ2) is 10.1. The smallest absolute Gasteiger partial charge is 0.239 e. The van der Waals surface area contributed by atoms with Gasteiger partial charge in [-0.15, -0.1) is 11.6 Å². The first-order valence-corrected chi connectivity index (χ1v) is 10.7. The Bertz CT molecular complexity index is 986. The minimum absolute atomic E-state index is 0.0899. The van der Waals surface area contributed by atoms with E-state index in [2.05, 4.69) is 12.2 Å². The number of hydrogen-bond acceptors (Lipinski definition) is 3. The Balaban J connectivity index is 1.97. The first kappa shape index (κ1) is 21.6. The highest BCUT2D eigenvalue weighted by Gasteiger charge is 2.15. The zero-order valence-electron chi connectivity index (χ0n) is 16.0. The number of carbonyl (C=O) groups is 1. The Kier molecular flexibility index (Phi) is 7.53. The van der Waals surface area contributed by atoms with Gasteiger partial charge in [-0.05, 0) is 48.9 Å². The molecule has 0 aliphatic carbocycles. The van der Waals surface area contributed by atoms with Gasteiger partial charge < -0.3 is 5.32 Å². The lowest BCUT2D eigenvalue weighted by atomic mass is 10.2. The zero-order valence-corrected chi connectivity index (χ0v) is 18.2. The molecule has 0 saturated carbocycles. The Morgan fingerprint density at radius 2 is 1.83 bits per heavy atom. The Morgan fingerprint density at radius 3 is 2.48 bits per heavy atom. The van der Waals surface area contributed by atoms with E-state index in [0.29, 0.717) is 21.6 Å². The molecular weight excluding hydrogens is 431 g/mol. The largest absolute Gasteiger partial charge is 0.325 e. The summed E-state index contributed by atoms with van der Waals surface area (Å²) >= 11 is 17.8. The van der Waals surface area contributed by atoms with Crippen molar-refractivity contribution in [2.75, 3.05) is 11.2 Å². The minimum Gasteiger partial charge on any atom is -0.325 e. The van der Waals surface area contributed by atoms with E-state index in [0.717, 1.165) is 42.8 Å². The molecule has 1 aromatic heterocycles. The van der Waals surface area contributed by atoms with Crippen molar-refractivity contribution in [3.63, 3.8) is 0 Å². The van der Waals surface area contributed by atoms with Gasteiger partial charge in [0, 0.05) is 17.7 Å². The number of anilines is 1. The van der Waals surface area contributed by atoms with Gasteiger partial charge in [0.25, 0.3) is 0 Å². The topological polar surface area (TPSA) is 59.8 Å². The fourth-order valence-electron chi connectivity index (χ4n) is 2.88. The molecule has 0 unspecified atom stereocenters.